The largest absolute Gasteiger partial charge is 0.337 e. The molecule has 3 rings (SSSR count). The zero-order valence-corrected chi connectivity index (χ0v) is 16.2. The second kappa shape index (κ2) is 9.13. The fraction of sp³-hybridized carbons (Fsp3) is 0.524. The topological polar surface area (TPSA) is 41.4 Å². The molecule has 0 aliphatic carbocycles. The molecular formula is C21H29FN4O. The van der Waals surface area contributed by atoms with Gasteiger partial charge < -0.3 is 14.4 Å². The summed E-state index contributed by atoms with van der Waals surface area (Å²) < 4.78 is 15.3. The van der Waals surface area contributed by atoms with Crippen LogP contribution in [0.2, 0.25) is 0 Å². The van der Waals surface area contributed by atoms with E-state index >= 15 is 0 Å². The number of amides is 1. The molecule has 0 saturated carbocycles. The summed E-state index contributed by atoms with van der Waals surface area (Å²) in [6.07, 6.45) is 7.19. The smallest absolute Gasteiger partial charge is 0.224 e. The molecule has 1 saturated heterocycles. The molecule has 5 nitrogen and oxygen atoms in total. The average Bonchev–Trinajstić information content (AvgIpc) is 3.11. The summed E-state index contributed by atoms with van der Waals surface area (Å²) in [5.41, 5.74) is 0.976. The van der Waals surface area contributed by atoms with Crippen molar-refractivity contribution in [2.24, 2.45) is 5.92 Å². The fourth-order valence-electron chi connectivity index (χ4n) is 3.70. The molecule has 146 valence electrons. The van der Waals surface area contributed by atoms with Crippen LogP contribution in [0.3, 0.4) is 0 Å². The number of aromatic nitrogens is 2. The number of aryl methyl sites for hydroxylation is 1. The van der Waals surface area contributed by atoms with Crippen molar-refractivity contribution in [1.82, 2.24) is 19.4 Å². The SMILES string of the molecule is CC(C)[C@H]1CN(CCCn2ccnc2)CCC(=O)N1Cc1ccc(F)cc1. The highest BCUT2D eigenvalue weighted by Gasteiger charge is 2.31. The van der Waals surface area contributed by atoms with Gasteiger partial charge in [-0.15, -0.1) is 0 Å². The van der Waals surface area contributed by atoms with Crippen LogP contribution in [0.4, 0.5) is 4.39 Å². The lowest BCUT2D eigenvalue weighted by Crippen LogP contribution is -2.46. The van der Waals surface area contributed by atoms with Gasteiger partial charge in [-0.05, 0) is 36.6 Å². The van der Waals surface area contributed by atoms with E-state index in [1.807, 2.05) is 17.4 Å². The van der Waals surface area contributed by atoms with Crippen LogP contribution in [-0.2, 0) is 17.9 Å². The van der Waals surface area contributed by atoms with Crippen molar-refractivity contribution in [2.45, 2.75) is 45.8 Å². The lowest BCUT2D eigenvalue weighted by molar-refractivity contribution is -0.134. The summed E-state index contributed by atoms with van der Waals surface area (Å²) in [4.78, 5) is 21.3. The lowest BCUT2D eigenvalue weighted by atomic mass is 10.0. The van der Waals surface area contributed by atoms with Gasteiger partial charge in [0.25, 0.3) is 0 Å². The van der Waals surface area contributed by atoms with Crippen molar-refractivity contribution in [1.29, 1.82) is 0 Å². The van der Waals surface area contributed by atoms with Gasteiger partial charge in [-0.1, -0.05) is 26.0 Å². The van der Waals surface area contributed by atoms with Crippen molar-refractivity contribution < 1.29 is 9.18 Å². The first-order valence-corrected chi connectivity index (χ1v) is 9.75. The van der Waals surface area contributed by atoms with Gasteiger partial charge in [0.05, 0.1) is 6.33 Å². The van der Waals surface area contributed by atoms with Gasteiger partial charge in [0.1, 0.15) is 5.82 Å². The molecule has 2 aromatic rings. The molecule has 6 heteroatoms. The van der Waals surface area contributed by atoms with E-state index in [1.54, 1.807) is 18.3 Å². The van der Waals surface area contributed by atoms with Crippen LogP contribution in [0, 0.1) is 11.7 Å². The van der Waals surface area contributed by atoms with Gasteiger partial charge in [-0.2, -0.15) is 0 Å². The van der Waals surface area contributed by atoms with E-state index in [4.69, 9.17) is 0 Å². The lowest BCUT2D eigenvalue weighted by Gasteiger charge is -2.35. The molecule has 0 radical (unpaired) electrons. The average molecular weight is 372 g/mol. The number of carbonyl (C=O) groups is 1. The Hall–Kier alpha value is -2.21. The summed E-state index contributed by atoms with van der Waals surface area (Å²) >= 11 is 0. The van der Waals surface area contributed by atoms with Crippen LogP contribution in [0.15, 0.2) is 43.0 Å². The molecule has 0 spiro atoms. The predicted octanol–water partition coefficient (Wildman–Crippen LogP) is 3.17. The van der Waals surface area contributed by atoms with Gasteiger partial charge in [-0.25, -0.2) is 9.37 Å². The molecule has 1 aromatic heterocycles. The first-order chi connectivity index (χ1) is 13.0. The maximum Gasteiger partial charge on any atom is 0.224 e. The van der Waals surface area contributed by atoms with Crippen LogP contribution in [0.25, 0.3) is 0 Å². The first kappa shape index (κ1) is 19.5. The third-order valence-electron chi connectivity index (χ3n) is 5.29. The number of imidazole rings is 1. The highest BCUT2D eigenvalue weighted by Crippen LogP contribution is 2.21. The highest BCUT2D eigenvalue weighted by atomic mass is 19.1. The minimum Gasteiger partial charge on any atom is -0.337 e. The van der Waals surface area contributed by atoms with Crippen LogP contribution in [0.1, 0.15) is 32.3 Å². The van der Waals surface area contributed by atoms with E-state index in [0.29, 0.717) is 18.9 Å². The number of rotatable bonds is 7. The minimum atomic E-state index is -0.245. The monoisotopic (exact) mass is 372 g/mol. The van der Waals surface area contributed by atoms with Gasteiger partial charge in [0.2, 0.25) is 5.91 Å². The maximum absolute atomic E-state index is 13.2. The van der Waals surface area contributed by atoms with Gasteiger partial charge >= 0.3 is 0 Å². The van der Waals surface area contributed by atoms with Crippen molar-refractivity contribution in [3.8, 4) is 0 Å². The normalized spacial score (nSPS) is 18.9. The molecule has 2 heterocycles. The van der Waals surface area contributed by atoms with Crippen LogP contribution in [-0.4, -0.2) is 50.9 Å². The molecule has 0 N–H and O–H groups in total. The Balaban J connectivity index is 1.63. The van der Waals surface area contributed by atoms with E-state index in [1.165, 1.54) is 12.1 Å². The Morgan fingerprint density at radius 3 is 2.67 bits per heavy atom. The first-order valence-electron chi connectivity index (χ1n) is 9.75. The third-order valence-corrected chi connectivity index (χ3v) is 5.29. The minimum absolute atomic E-state index is 0.165. The molecule has 1 aliphatic heterocycles. The Kier molecular flexibility index (Phi) is 6.61. The summed E-state index contributed by atoms with van der Waals surface area (Å²) in [5, 5.41) is 0. The molecule has 0 unspecified atom stereocenters. The standard InChI is InChI=1S/C21H29FN4O/c1-17(2)20-15-24(10-3-11-25-13-9-23-16-25)12-8-21(27)26(20)14-18-4-6-19(22)7-5-18/h4-7,9,13,16-17,20H,3,8,10-12,14-15H2,1-2H3/t20-/m1/s1. The number of nitrogens with zero attached hydrogens (tertiary/aromatic N) is 4. The Bertz CT molecular complexity index is 714. The second-order valence-electron chi connectivity index (χ2n) is 7.66. The zero-order chi connectivity index (χ0) is 19.2. The Morgan fingerprint density at radius 1 is 1.22 bits per heavy atom. The van der Waals surface area contributed by atoms with E-state index in [2.05, 4.69) is 28.3 Å². The molecular weight excluding hydrogens is 343 g/mol. The number of benzene rings is 1. The summed E-state index contributed by atoms with van der Waals surface area (Å²) in [5.74, 6) is 0.309. The molecule has 1 amide bonds. The van der Waals surface area contributed by atoms with Crippen molar-refractivity contribution in [2.75, 3.05) is 19.6 Å². The number of carbonyl (C=O) groups excluding carboxylic acids is 1. The quantitative estimate of drug-likeness (QED) is 0.750. The summed E-state index contributed by atoms with van der Waals surface area (Å²) in [6, 6.07) is 6.63. The van der Waals surface area contributed by atoms with Crippen LogP contribution in [0.5, 0.6) is 0 Å². The maximum atomic E-state index is 13.2. The Labute approximate surface area is 160 Å². The molecule has 0 bridgehead atoms. The number of halogens is 1. The molecule has 1 aliphatic rings. The predicted molar refractivity (Wildman–Crippen MR) is 103 cm³/mol. The van der Waals surface area contributed by atoms with Crippen LogP contribution < -0.4 is 0 Å². The summed E-state index contributed by atoms with van der Waals surface area (Å²) in [7, 11) is 0. The third kappa shape index (κ3) is 5.39. The molecule has 1 atom stereocenters. The van der Waals surface area contributed by atoms with Crippen molar-refractivity contribution >= 4 is 5.91 Å². The number of hydrogen-bond acceptors (Lipinski definition) is 3. The van der Waals surface area contributed by atoms with E-state index in [9.17, 15) is 9.18 Å². The van der Waals surface area contributed by atoms with Gasteiger partial charge in [-0.3, -0.25) is 4.79 Å². The van der Waals surface area contributed by atoms with Crippen LogP contribution >= 0.6 is 0 Å². The fourth-order valence-corrected chi connectivity index (χ4v) is 3.70. The highest BCUT2D eigenvalue weighted by molar-refractivity contribution is 5.77. The van der Waals surface area contributed by atoms with E-state index in [0.717, 1.165) is 38.2 Å². The van der Waals surface area contributed by atoms with E-state index < -0.39 is 0 Å². The van der Waals surface area contributed by atoms with Gasteiger partial charge in [0, 0.05) is 51.0 Å². The second-order valence-corrected chi connectivity index (χ2v) is 7.66. The molecule has 27 heavy (non-hydrogen) atoms. The van der Waals surface area contributed by atoms with Crippen molar-refractivity contribution in [3.63, 3.8) is 0 Å². The van der Waals surface area contributed by atoms with Gasteiger partial charge in [0.15, 0.2) is 0 Å². The zero-order valence-electron chi connectivity index (χ0n) is 16.2. The number of hydrogen-bond donors (Lipinski definition) is 0. The summed E-state index contributed by atoms with van der Waals surface area (Å²) in [6.45, 7) is 8.48. The Morgan fingerprint density at radius 2 is 2.00 bits per heavy atom. The molecule has 1 fully saturated rings. The molecule has 1 aromatic carbocycles. The van der Waals surface area contributed by atoms with Crippen molar-refractivity contribution in [3.05, 3.63) is 54.4 Å². The van der Waals surface area contributed by atoms with E-state index in [-0.39, 0.29) is 17.8 Å².